The second-order valence-corrected chi connectivity index (χ2v) is 5.60. The Balaban J connectivity index is 4.36. The van der Waals surface area contributed by atoms with E-state index in [0.717, 1.165) is 17.4 Å². The number of hydrogen-bond acceptors (Lipinski definition) is 5. The molecule has 0 saturated carbocycles. The molecule has 0 aromatic rings. The molecule has 0 spiro atoms. The van der Waals surface area contributed by atoms with E-state index < -0.39 is 5.91 Å². The van der Waals surface area contributed by atoms with Crippen LogP contribution in [0.15, 0.2) is 22.9 Å². The average Bonchev–Trinajstić information content (AvgIpc) is 2.52. The molecule has 0 aromatic carbocycles. The number of carbonyl (C=O) groups excluding carboxylic acids is 4. The summed E-state index contributed by atoms with van der Waals surface area (Å²) < 4.78 is 4.82. The van der Waals surface area contributed by atoms with Crippen LogP contribution in [0.2, 0.25) is 0 Å². The third-order valence-electron chi connectivity index (χ3n) is 3.23. The number of nitrogens with one attached hydrogen (secondary N) is 2. The highest BCUT2D eigenvalue weighted by Gasteiger charge is 2.05. The van der Waals surface area contributed by atoms with Crippen LogP contribution in [0, 0.1) is 0 Å². The van der Waals surface area contributed by atoms with Gasteiger partial charge < -0.3 is 25.9 Å². The van der Waals surface area contributed by atoms with Gasteiger partial charge in [-0.15, -0.1) is 0 Å². The molecule has 8 nitrogen and oxygen atoms in total. The van der Waals surface area contributed by atoms with Crippen LogP contribution in [-0.4, -0.2) is 43.8 Å². The fraction of sp³-hybridized carbons (Fsp3) is 0.529. The summed E-state index contributed by atoms with van der Waals surface area (Å²) in [7, 11) is 0. The molecular formula is C17H27N3O5. The van der Waals surface area contributed by atoms with Crippen molar-refractivity contribution in [3.05, 3.63) is 22.9 Å². The predicted molar refractivity (Wildman–Crippen MR) is 93.2 cm³/mol. The molecule has 0 bridgehead atoms. The number of amides is 3. The molecule has 0 saturated heterocycles. The highest BCUT2D eigenvalue weighted by molar-refractivity contribution is 5.80. The van der Waals surface area contributed by atoms with E-state index in [-0.39, 0.29) is 25.0 Å². The first-order chi connectivity index (χ1) is 11.8. The van der Waals surface area contributed by atoms with Crippen molar-refractivity contribution >= 4 is 24.0 Å². The summed E-state index contributed by atoms with van der Waals surface area (Å²) >= 11 is 0. The molecule has 0 fully saturated rings. The van der Waals surface area contributed by atoms with Gasteiger partial charge in [0.25, 0.3) is 0 Å². The molecule has 0 atom stereocenters. The van der Waals surface area contributed by atoms with Gasteiger partial charge in [-0.1, -0.05) is 11.1 Å². The van der Waals surface area contributed by atoms with Crippen LogP contribution in [0.1, 0.15) is 40.0 Å². The third kappa shape index (κ3) is 12.6. The molecule has 4 N–H and O–H groups in total. The summed E-state index contributed by atoms with van der Waals surface area (Å²) in [6.45, 7) is 5.33. The lowest BCUT2D eigenvalue weighted by molar-refractivity contribution is -0.129. The standard InChI is InChI=1S/C17H27N3O5/c1-12(5-6-16(23)19-7-4-8-21)13(2)9-14(3)20-17(24)11-25-10-15(18)22/h8-9H,4-7,10-11H2,1-3H3,(H2,18,22)(H,19,23)(H,20,24)/b13-12+,14-9+. The molecular weight excluding hydrogens is 326 g/mol. The molecule has 8 heteroatoms. The number of carbonyl (C=O) groups is 4. The van der Waals surface area contributed by atoms with Crippen molar-refractivity contribution in [2.24, 2.45) is 5.73 Å². The number of allylic oxidation sites excluding steroid dienone is 4. The van der Waals surface area contributed by atoms with Gasteiger partial charge >= 0.3 is 0 Å². The zero-order valence-corrected chi connectivity index (χ0v) is 15.0. The van der Waals surface area contributed by atoms with Crippen LogP contribution < -0.4 is 16.4 Å². The molecule has 0 radical (unpaired) electrons. The largest absolute Gasteiger partial charge is 0.368 e. The van der Waals surface area contributed by atoms with Crippen LogP contribution in [0.3, 0.4) is 0 Å². The van der Waals surface area contributed by atoms with E-state index in [2.05, 4.69) is 10.6 Å². The summed E-state index contributed by atoms with van der Waals surface area (Å²) in [6.07, 6.45) is 3.78. The Morgan fingerprint density at radius 3 is 2.32 bits per heavy atom. The Morgan fingerprint density at radius 2 is 1.72 bits per heavy atom. The zero-order chi connectivity index (χ0) is 19.2. The van der Waals surface area contributed by atoms with Crippen molar-refractivity contribution in [3.8, 4) is 0 Å². The fourth-order valence-electron chi connectivity index (χ4n) is 1.84. The minimum absolute atomic E-state index is 0.102. The van der Waals surface area contributed by atoms with E-state index in [1.807, 2.05) is 13.8 Å². The van der Waals surface area contributed by atoms with Gasteiger partial charge in [0.2, 0.25) is 17.7 Å². The smallest absolute Gasteiger partial charge is 0.250 e. The number of nitrogens with two attached hydrogens (primary N) is 1. The Bertz CT molecular complexity index is 552. The molecule has 0 aliphatic rings. The van der Waals surface area contributed by atoms with Crippen molar-refractivity contribution < 1.29 is 23.9 Å². The number of primary amides is 1. The average molecular weight is 353 g/mol. The maximum absolute atomic E-state index is 11.6. The summed E-state index contributed by atoms with van der Waals surface area (Å²) in [6, 6.07) is 0. The van der Waals surface area contributed by atoms with Gasteiger partial charge in [-0.2, -0.15) is 0 Å². The van der Waals surface area contributed by atoms with Crippen LogP contribution >= 0.6 is 0 Å². The van der Waals surface area contributed by atoms with E-state index in [1.54, 1.807) is 13.0 Å². The van der Waals surface area contributed by atoms with Crippen molar-refractivity contribution in [1.29, 1.82) is 0 Å². The Hall–Kier alpha value is -2.48. The number of hydrogen-bond donors (Lipinski definition) is 3. The van der Waals surface area contributed by atoms with Crippen molar-refractivity contribution in [2.45, 2.75) is 40.0 Å². The predicted octanol–water partition coefficient (Wildman–Crippen LogP) is 0.330. The molecule has 0 heterocycles. The van der Waals surface area contributed by atoms with E-state index in [9.17, 15) is 19.2 Å². The Morgan fingerprint density at radius 1 is 1.04 bits per heavy atom. The second kappa shape index (κ2) is 12.9. The Labute approximate surface area is 147 Å². The SMILES string of the molecule is C/C(=C\C(C)=C(/C)CCC(=O)NCCC=O)NC(=O)COCC(N)=O. The summed E-state index contributed by atoms with van der Waals surface area (Å²) in [5.41, 5.74) is 7.49. The van der Waals surface area contributed by atoms with E-state index >= 15 is 0 Å². The number of aldehydes is 1. The van der Waals surface area contributed by atoms with Crippen LogP contribution in [-0.2, 0) is 23.9 Å². The molecule has 0 aromatic heterocycles. The van der Waals surface area contributed by atoms with E-state index in [0.29, 0.717) is 31.5 Å². The van der Waals surface area contributed by atoms with Gasteiger partial charge in [-0.3, -0.25) is 14.4 Å². The van der Waals surface area contributed by atoms with Crippen LogP contribution in [0.25, 0.3) is 0 Å². The lowest BCUT2D eigenvalue weighted by atomic mass is 10.0. The summed E-state index contributed by atoms with van der Waals surface area (Å²) in [4.78, 5) is 43.9. The van der Waals surface area contributed by atoms with Crippen molar-refractivity contribution in [1.82, 2.24) is 10.6 Å². The zero-order valence-electron chi connectivity index (χ0n) is 15.0. The van der Waals surface area contributed by atoms with Gasteiger partial charge in [0.1, 0.15) is 19.5 Å². The molecule has 3 amide bonds. The minimum atomic E-state index is -0.635. The van der Waals surface area contributed by atoms with Gasteiger partial charge in [-0.25, -0.2) is 0 Å². The van der Waals surface area contributed by atoms with Crippen LogP contribution in [0.4, 0.5) is 0 Å². The highest BCUT2D eigenvalue weighted by atomic mass is 16.5. The lowest BCUT2D eigenvalue weighted by Crippen LogP contribution is -2.28. The summed E-state index contributed by atoms with van der Waals surface area (Å²) in [5.74, 6) is -1.12. The molecule has 140 valence electrons. The van der Waals surface area contributed by atoms with Crippen LogP contribution in [0.5, 0.6) is 0 Å². The Kier molecular flexibility index (Phi) is 11.6. The van der Waals surface area contributed by atoms with Gasteiger partial charge in [0, 0.05) is 25.1 Å². The van der Waals surface area contributed by atoms with Gasteiger partial charge in [0.15, 0.2) is 0 Å². The highest BCUT2D eigenvalue weighted by Crippen LogP contribution is 2.12. The fourth-order valence-corrected chi connectivity index (χ4v) is 1.84. The molecule has 0 rings (SSSR count). The molecule has 0 aliphatic heterocycles. The maximum atomic E-state index is 11.6. The molecule has 0 aliphatic carbocycles. The van der Waals surface area contributed by atoms with E-state index in [1.165, 1.54) is 0 Å². The maximum Gasteiger partial charge on any atom is 0.250 e. The number of rotatable bonds is 12. The van der Waals surface area contributed by atoms with E-state index in [4.69, 9.17) is 10.5 Å². The van der Waals surface area contributed by atoms with Gasteiger partial charge in [0.05, 0.1) is 0 Å². The topological polar surface area (TPSA) is 128 Å². The van der Waals surface area contributed by atoms with Crippen molar-refractivity contribution in [2.75, 3.05) is 19.8 Å². The quantitative estimate of drug-likeness (QED) is 0.265. The summed E-state index contributed by atoms with van der Waals surface area (Å²) in [5, 5.41) is 5.30. The lowest BCUT2D eigenvalue weighted by Gasteiger charge is -2.08. The molecule has 0 unspecified atom stereocenters. The van der Waals surface area contributed by atoms with Gasteiger partial charge in [-0.05, 0) is 33.3 Å². The molecule has 25 heavy (non-hydrogen) atoms. The minimum Gasteiger partial charge on any atom is -0.368 e. The first-order valence-corrected chi connectivity index (χ1v) is 7.97. The number of ether oxygens (including phenoxy) is 1. The first-order valence-electron chi connectivity index (χ1n) is 7.97. The third-order valence-corrected chi connectivity index (χ3v) is 3.23. The monoisotopic (exact) mass is 353 g/mol. The second-order valence-electron chi connectivity index (χ2n) is 5.60. The first kappa shape index (κ1) is 22.5. The van der Waals surface area contributed by atoms with Crippen molar-refractivity contribution in [3.63, 3.8) is 0 Å². The normalized spacial score (nSPS) is 12.2.